The summed E-state index contributed by atoms with van der Waals surface area (Å²) < 4.78 is 10.6. The van der Waals surface area contributed by atoms with E-state index >= 15 is 0 Å². The first-order valence-electron chi connectivity index (χ1n) is 8.50. The van der Waals surface area contributed by atoms with E-state index < -0.39 is 0 Å². The third-order valence-corrected chi connectivity index (χ3v) is 4.14. The summed E-state index contributed by atoms with van der Waals surface area (Å²) in [7, 11) is 0. The van der Waals surface area contributed by atoms with Gasteiger partial charge >= 0.3 is 0 Å². The van der Waals surface area contributed by atoms with Gasteiger partial charge in [-0.1, -0.05) is 31.2 Å². The molecule has 1 saturated heterocycles. The van der Waals surface area contributed by atoms with Gasteiger partial charge < -0.3 is 19.7 Å². The van der Waals surface area contributed by atoms with Crippen molar-refractivity contribution in [2.24, 2.45) is 0 Å². The molecule has 1 aromatic rings. The quantitative estimate of drug-likeness (QED) is 0.742. The number of ether oxygens (including phenoxy) is 2. The maximum Gasteiger partial charge on any atom is 0.249 e. The average molecular weight is 320 g/mol. The first-order chi connectivity index (χ1) is 11.3. The van der Waals surface area contributed by atoms with E-state index in [1.807, 2.05) is 11.8 Å². The van der Waals surface area contributed by atoms with Crippen molar-refractivity contribution in [1.82, 2.24) is 10.2 Å². The summed E-state index contributed by atoms with van der Waals surface area (Å²) in [6.45, 7) is 8.21. The van der Waals surface area contributed by atoms with Crippen LogP contribution in [-0.2, 0) is 20.7 Å². The molecular weight excluding hydrogens is 292 g/mol. The lowest BCUT2D eigenvalue weighted by Gasteiger charge is -2.36. The fourth-order valence-corrected chi connectivity index (χ4v) is 2.78. The van der Waals surface area contributed by atoms with Crippen molar-refractivity contribution < 1.29 is 14.3 Å². The lowest BCUT2D eigenvalue weighted by Crippen LogP contribution is -2.49. The highest BCUT2D eigenvalue weighted by Crippen LogP contribution is 2.23. The van der Waals surface area contributed by atoms with Gasteiger partial charge in [0.1, 0.15) is 6.61 Å². The van der Waals surface area contributed by atoms with Crippen LogP contribution in [0.15, 0.2) is 24.3 Å². The molecule has 0 bridgehead atoms. The summed E-state index contributed by atoms with van der Waals surface area (Å²) in [5.41, 5.74) is 2.49. The minimum absolute atomic E-state index is 0.0487. The smallest absolute Gasteiger partial charge is 0.249 e. The van der Waals surface area contributed by atoms with Crippen LogP contribution >= 0.6 is 0 Å². The molecule has 2 rings (SSSR count). The van der Waals surface area contributed by atoms with Gasteiger partial charge in [0, 0.05) is 26.2 Å². The Labute approximate surface area is 139 Å². The Balaban J connectivity index is 1.92. The van der Waals surface area contributed by atoms with Gasteiger partial charge in [-0.25, -0.2) is 0 Å². The minimum Gasteiger partial charge on any atom is -0.379 e. The summed E-state index contributed by atoms with van der Waals surface area (Å²) in [4.78, 5) is 14.4. The van der Waals surface area contributed by atoms with Gasteiger partial charge in [-0.15, -0.1) is 0 Å². The molecule has 0 radical (unpaired) electrons. The molecular formula is C18H28N2O3. The Morgan fingerprint density at radius 3 is 2.65 bits per heavy atom. The van der Waals surface area contributed by atoms with Crippen molar-refractivity contribution >= 4 is 5.91 Å². The van der Waals surface area contributed by atoms with Crippen molar-refractivity contribution in [3.63, 3.8) is 0 Å². The number of carbonyl (C=O) groups is 1. The predicted octanol–water partition coefficient (Wildman–Crippen LogP) is 1.77. The summed E-state index contributed by atoms with van der Waals surface area (Å²) in [5.74, 6) is 0.0487. The number of hydrogen-bond donors (Lipinski definition) is 1. The topological polar surface area (TPSA) is 50.8 Å². The van der Waals surface area contributed by atoms with Gasteiger partial charge in [-0.05, 0) is 24.5 Å². The van der Waals surface area contributed by atoms with Crippen LogP contribution in [0.5, 0.6) is 0 Å². The molecule has 0 aliphatic carbocycles. The van der Waals surface area contributed by atoms with Gasteiger partial charge in [-0.2, -0.15) is 0 Å². The molecule has 1 amide bonds. The molecule has 0 aromatic heterocycles. The maximum atomic E-state index is 12.5. The molecule has 23 heavy (non-hydrogen) atoms. The van der Waals surface area contributed by atoms with Crippen molar-refractivity contribution in [1.29, 1.82) is 0 Å². The molecule has 0 spiro atoms. The van der Waals surface area contributed by atoms with Crippen LogP contribution in [0.3, 0.4) is 0 Å². The Bertz CT molecular complexity index is 476. The van der Waals surface area contributed by atoms with Crippen molar-refractivity contribution in [3.8, 4) is 0 Å². The van der Waals surface area contributed by atoms with Crippen LogP contribution < -0.4 is 5.32 Å². The number of hydrogen-bond acceptors (Lipinski definition) is 4. The maximum absolute atomic E-state index is 12.5. The lowest BCUT2D eigenvalue weighted by atomic mass is 10.0. The van der Waals surface area contributed by atoms with E-state index in [9.17, 15) is 4.79 Å². The number of carbonyl (C=O) groups excluding carboxylic acids is 1. The molecule has 1 N–H and O–H groups in total. The fraction of sp³-hybridized carbons (Fsp3) is 0.611. The van der Waals surface area contributed by atoms with Crippen molar-refractivity contribution in [2.75, 3.05) is 46.1 Å². The normalized spacial score (nSPS) is 18.2. The summed E-state index contributed by atoms with van der Waals surface area (Å²) in [6.07, 6.45) is 1.03. The zero-order chi connectivity index (χ0) is 16.5. The second kappa shape index (κ2) is 9.65. The Kier molecular flexibility index (Phi) is 7.52. The number of nitrogens with one attached hydrogen (secondary N) is 1. The van der Waals surface area contributed by atoms with Crippen LogP contribution in [0.1, 0.15) is 31.0 Å². The number of amides is 1. The molecule has 1 aliphatic rings. The first-order valence-corrected chi connectivity index (χ1v) is 8.50. The third kappa shape index (κ3) is 5.30. The van der Waals surface area contributed by atoms with E-state index in [2.05, 4.69) is 36.5 Å². The zero-order valence-corrected chi connectivity index (χ0v) is 14.2. The predicted molar refractivity (Wildman–Crippen MR) is 90.5 cm³/mol. The zero-order valence-electron chi connectivity index (χ0n) is 14.2. The van der Waals surface area contributed by atoms with Gasteiger partial charge in [0.25, 0.3) is 0 Å². The molecule has 1 atom stereocenters. The molecule has 1 aromatic carbocycles. The summed E-state index contributed by atoms with van der Waals surface area (Å²) in [6, 6.07) is 8.63. The number of piperazine rings is 1. The molecule has 5 heteroatoms. The number of benzene rings is 1. The second-order valence-corrected chi connectivity index (χ2v) is 5.65. The summed E-state index contributed by atoms with van der Waals surface area (Å²) >= 11 is 0. The number of rotatable bonds is 8. The minimum atomic E-state index is 0.0487. The van der Waals surface area contributed by atoms with Crippen LogP contribution in [0.2, 0.25) is 0 Å². The van der Waals surface area contributed by atoms with Gasteiger partial charge in [-0.3, -0.25) is 4.79 Å². The van der Waals surface area contributed by atoms with Gasteiger partial charge in [0.2, 0.25) is 5.91 Å². The van der Waals surface area contributed by atoms with Crippen molar-refractivity contribution in [2.45, 2.75) is 26.3 Å². The Morgan fingerprint density at radius 2 is 1.96 bits per heavy atom. The van der Waals surface area contributed by atoms with Crippen LogP contribution in [0, 0.1) is 0 Å². The highest BCUT2D eigenvalue weighted by molar-refractivity contribution is 5.78. The van der Waals surface area contributed by atoms with E-state index in [0.717, 1.165) is 19.5 Å². The number of aryl methyl sites for hydroxylation is 1. The van der Waals surface area contributed by atoms with E-state index in [1.165, 1.54) is 11.1 Å². The fourth-order valence-electron chi connectivity index (χ4n) is 2.78. The SMILES string of the molecule is CCOCCOCC(=O)N1CCNCC1c1ccc(CC)cc1. The molecule has 5 nitrogen and oxygen atoms in total. The molecule has 1 fully saturated rings. The molecule has 128 valence electrons. The van der Waals surface area contributed by atoms with E-state index in [0.29, 0.717) is 26.4 Å². The van der Waals surface area contributed by atoms with Gasteiger partial charge in [0.05, 0.1) is 19.3 Å². The van der Waals surface area contributed by atoms with Crippen LogP contribution in [-0.4, -0.2) is 56.9 Å². The summed E-state index contributed by atoms with van der Waals surface area (Å²) in [5, 5.41) is 3.38. The molecule has 0 saturated carbocycles. The first kappa shape index (κ1) is 17.9. The highest BCUT2D eigenvalue weighted by atomic mass is 16.5. The average Bonchev–Trinajstić information content (AvgIpc) is 2.61. The van der Waals surface area contributed by atoms with Crippen LogP contribution in [0.25, 0.3) is 0 Å². The number of nitrogens with zero attached hydrogens (tertiary/aromatic N) is 1. The third-order valence-electron chi connectivity index (χ3n) is 4.14. The Morgan fingerprint density at radius 1 is 1.22 bits per heavy atom. The van der Waals surface area contributed by atoms with E-state index in [-0.39, 0.29) is 18.6 Å². The Hall–Kier alpha value is -1.43. The standard InChI is InChI=1S/C18H28N2O3/c1-3-15-5-7-16(8-6-15)17-13-19-9-10-20(17)18(21)14-23-12-11-22-4-2/h5-8,17,19H,3-4,9-14H2,1-2H3. The van der Waals surface area contributed by atoms with Gasteiger partial charge in [0.15, 0.2) is 0 Å². The van der Waals surface area contributed by atoms with Crippen molar-refractivity contribution in [3.05, 3.63) is 35.4 Å². The largest absolute Gasteiger partial charge is 0.379 e. The second-order valence-electron chi connectivity index (χ2n) is 5.65. The lowest BCUT2D eigenvalue weighted by molar-refractivity contribution is -0.140. The molecule has 1 unspecified atom stereocenters. The van der Waals surface area contributed by atoms with E-state index in [1.54, 1.807) is 0 Å². The monoisotopic (exact) mass is 320 g/mol. The van der Waals surface area contributed by atoms with Crippen LogP contribution in [0.4, 0.5) is 0 Å². The highest BCUT2D eigenvalue weighted by Gasteiger charge is 2.27. The molecule has 1 heterocycles. The molecule has 1 aliphatic heterocycles. The van der Waals surface area contributed by atoms with E-state index in [4.69, 9.17) is 9.47 Å².